The van der Waals surface area contributed by atoms with Crippen molar-refractivity contribution in [1.29, 1.82) is 0 Å². The number of hydrogen-bond donors (Lipinski definition) is 0. The van der Waals surface area contributed by atoms with Crippen molar-refractivity contribution in [2.24, 2.45) is 0 Å². The predicted octanol–water partition coefficient (Wildman–Crippen LogP) is 4.16. The molecule has 1 fully saturated rings. The first-order valence-corrected chi connectivity index (χ1v) is 12.7. The topological polar surface area (TPSA) is 62.3 Å². The maximum Gasteiger partial charge on any atom is 0.254 e. The molecule has 0 unspecified atom stereocenters. The largest absolute Gasteiger partial charge is 0.493 e. The maximum absolute atomic E-state index is 14.2. The van der Waals surface area contributed by atoms with Crippen LogP contribution in [0.4, 0.5) is 10.1 Å². The lowest BCUT2D eigenvalue weighted by atomic mass is 9.81. The SMILES string of the molecule is COc1cc2c(cc1OC)[C@H](C(=O)N1CCN(c3ccc(F)cc3)CC1)[C@H](c1cccs1)N(C)C2=O. The van der Waals surface area contributed by atoms with E-state index in [9.17, 15) is 14.0 Å². The van der Waals surface area contributed by atoms with Gasteiger partial charge >= 0.3 is 0 Å². The van der Waals surface area contributed by atoms with E-state index >= 15 is 0 Å². The summed E-state index contributed by atoms with van der Waals surface area (Å²) in [4.78, 5) is 34.2. The van der Waals surface area contributed by atoms with Gasteiger partial charge in [-0.3, -0.25) is 9.59 Å². The van der Waals surface area contributed by atoms with Gasteiger partial charge < -0.3 is 24.2 Å². The van der Waals surface area contributed by atoms with E-state index < -0.39 is 12.0 Å². The number of likely N-dealkylation sites (N-methyl/N-ethyl adjacent to an activating group) is 1. The third-order valence-corrected chi connectivity index (χ3v) is 8.00. The number of nitrogens with zero attached hydrogens (tertiary/aromatic N) is 3. The molecule has 0 N–H and O–H groups in total. The monoisotopic (exact) mass is 509 g/mol. The molecule has 1 saturated heterocycles. The lowest BCUT2D eigenvalue weighted by Crippen LogP contribution is -2.53. The number of hydrogen-bond acceptors (Lipinski definition) is 6. The first-order valence-electron chi connectivity index (χ1n) is 11.8. The first-order chi connectivity index (χ1) is 17.4. The number of thiophene rings is 1. The standard InChI is InChI=1S/C27H28FN3O4S/c1-29-25(23-5-4-14-36-23)24(19-15-21(34-2)22(35-3)16-20(19)26(29)32)27(33)31-12-10-30(11-13-31)18-8-6-17(28)7-9-18/h4-9,14-16,24-25H,10-13H2,1-3H3/t24-,25-/m0/s1. The Morgan fingerprint density at radius 3 is 2.28 bits per heavy atom. The van der Waals surface area contributed by atoms with E-state index in [1.807, 2.05) is 22.4 Å². The molecule has 2 aromatic carbocycles. The lowest BCUT2D eigenvalue weighted by molar-refractivity contribution is -0.134. The summed E-state index contributed by atoms with van der Waals surface area (Å²) >= 11 is 1.53. The average molecular weight is 510 g/mol. The molecule has 9 heteroatoms. The fourth-order valence-electron chi connectivity index (χ4n) is 5.16. The highest BCUT2D eigenvalue weighted by atomic mass is 32.1. The summed E-state index contributed by atoms with van der Waals surface area (Å²) in [6, 6.07) is 13.3. The third-order valence-electron chi connectivity index (χ3n) is 7.06. The molecule has 7 nitrogen and oxygen atoms in total. The zero-order valence-corrected chi connectivity index (χ0v) is 21.3. The van der Waals surface area contributed by atoms with Gasteiger partial charge in [-0.1, -0.05) is 6.07 Å². The number of rotatable bonds is 5. The van der Waals surface area contributed by atoms with Crippen LogP contribution in [0.1, 0.15) is 32.8 Å². The second-order valence-electron chi connectivity index (χ2n) is 8.94. The number of methoxy groups -OCH3 is 2. The highest BCUT2D eigenvalue weighted by Crippen LogP contribution is 2.47. The molecule has 1 aromatic heterocycles. The normalized spacial score (nSPS) is 19.8. The van der Waals surface area contributed by atoms with Crippen LogP contribution in [0.3, 0.4) is 0 Å². The Kier molecular flexibility index (Phi) is 6.57. The van der Waals surface area contributed by atoms with Crippen LogP contribution in [0.15, 0.2) is 53.9 Å². The minimum atomic E-state index is -0.585. The fraction of sp³-hybridized carbons (Fsp3) is 0.333. The average Bonchev–Trinajstić information content (AvgIpc) is 3.44. The van der Waals surface area contributed by atoms with E-state index in [4.69, 9.17) is 9.47 Å². The van der Waals surface area contributed by atoms with Crippen molar-refractivity contribution in [3.05, 3.63) is 75.7 Å². The van der Waals surface area contributed by atoms with Gasteiger partial charge in [0.05, 0.1) is 26.2 Å². The van der Waals surface area contributed by atoms with Crippen molar-refractivity contribution in [2.45, 2.75) is 12.0 Å². The zero-order valence-electron chi connectivity index (χ0n) is 20.4. The van der Waals surface area contributed by atoms with Gasteiger partial charge in [0.25, 0.3) is 5.91 Å². The van der Waals surface area contributed by atoms with E-state index in [-0.39, 0.29) is 17.6 Å². The van der Waals surface area contributed by atoms with Crippen LogP contribution in [0.2, 0.25) is 0 Å². The van der Waals surface area contributed by atoms with Gasteiger partial charge in [0.2, 0.25) is 5.91 Å². The molecule has 36 heavy (non-hydrogen) atoms. The van der Waals surface area contributed by atoms with Crippen molar-refractivity contribution in [3.8, 4) is 11.5 Å². The number of amides is 2. The van der Waals surface area contributed by atoms with Crippen molar-refractivity contribution in [3.63, 3.8) is 0 Å². The molecule has 0 aliphatic carbocycles. The number of anilines is 1. The summed E-state index contributed by atoms with van der Waals surface area (Å²) in [6.07, 6.45) is 0. The Morgan fingerprint density at radius 2 is 1.67 bits per heavy atom. The number of halogens is 1. The molecule has 2 aliphatic heterocycles. The van der Waals surface area contributed by atoms with Crippen LogP contribution in [-0.4, -0.2) is 69.1 Å². The summed E-state index contributed by atoms with van der Waals surface area (Å²) in [7, 11) is 4.82. The van der Waals surface area contributed by atoms with E-state index in [1.54, 1.807) is 43.3 Å². The molecule has 3 heterocycles. The zero-order chi connectivity index (χ0) is 25.4. The van der Waals surface area contributed by atoms with E-state index in [2.05, 4.69) is 4.90 Å². The Hall–Kier alpha value is -3.59. The molecule has 3 aromatic rings. The molecule has 0 saturated carbocycles. The van der Waals surface area contributed by atoms with E-state index in [1.165, 1.54) is 30.6 Å². The van der Waals surface area contributed by atoms with Gasteiger partial charge in [-0.25, -0.2) is 4.39 Å². The highest BCUT2D eigenvalue weighted by molar-refractivity contribution is 7.10. The Morgan fingerprint density at radius 1 is 1.00 bits per heavy atom. The van der Waals surface area contributed by atoms with Crippen LogP contribution in [0.5, 0.6) is 11.5 Å². The lowest BCUT2D eigenvalue weighted by Gasteiger charge is -2.43. The molecule has 2 amide bonds. The smallest absolute Gasteiger partial charge is 0.254 e. The Balaban J connectivity index is 1.49. The highest BCUT2D eigenvalue weighted by Gasteiger charge is 2.45. The van der Waals surface area contributed by atoms with Crippen molar-refractivity contribution in [2.75, 3.05) is 52.3 Å². The molecule has 2 aliphatic rings. The van der Waals surface area contributed by atoms with Crippen LogP contribution in [0, 0.1) is 5.82 Å². The summed E-state index contributed by atoms with van der Waals surface area (Å²) in [5.41, 5.74) is 2.04. The summed E-state index contributed by atoms with van der Waals surface area (Å²) in [5, 5.41) is 1.96. The van der Waals surface area contributed by atoms with Crippen molar-refractivity contribution < 1.29 is 23.5 Å². The molecule has 2 atom stereocenters. The number of ether oxygens (including phenoxy) is 2. The minimum absolute atomic E-state index is 0.0278. The Bertz CT molecular complexity index is 1260. The van der Waals surface area contributed by atoms with E-state index in [0.717, 1.165) is 10.6 Å². The number of piperazine rings is 1. The van der Waals surface area contributed by atoms with Gasteiger partial charge in [0.1, 0.15) is 5.82 Å². The molecule has 0 spiro atoms. The number of benzene rings is 2. The van der Waals surface area contributed by atoms with E-state index in [0.29, 0.717) is 48.8 Å². The van der Waals surface area contributed by atoms with Crippen molar-refractivity contribution in [1.82, 2.24) is 9.80 Å². The van der Waals surface area contributed by atoms with Gasteiger partial charge in [-0.2, -0.15) is 0 Å². The number of carbonyl (C=O) groups is 2. The van der Waals surface area contributed by atoms with Crippen LogP contribution in [0.25, 0.3) is 0 Å². The molecular weight excluding hydrogens is 481 g/mol. The van der Waals surface area contributed by atoms with Gasteiger partial charge in [0.15, 0.2) is 11.5 Å². The number of carbonyl (C=O) groups excluding carboxylic acids is 2. The molecule has 188 valence electrons. The van der Waals surface area contributed by atoms with Crippen LogP contribution < -0.4 is 14.4 Å². The molecule has 0 bridgehead atoms. The maximum atomic E-state index is 14.2. The molecular formula is C27H28FN3O4S. The molecule has 5 rings (SSSR count). The Labute approximate surface area is 213 Å². The fourth-order valence-corrected chi connectivity index (χ4v) is 6.07. The third kappa shape index (κ3) is 4.17. The van der Waals surface area contributed by atoms with Crippen LogP contribution >= 0.6 is 11.3 Å². The summed E-state index contributed by atoms with van der Waals surface area (Å²) < 4.78 is 24.3. The quantitative estimate of drug-likeness (QED) is 0.517. The summed E-state index contributed by atoms with van der Waals surface area (Å²) in [5.74, 6) is -0.106. The predicted molar refractivity (Wildman–Crippen MR) is 137 cm³/mol. The van der Waals surface area contributed by atoms with Gasteiger partial charge in [-0.05, 0) is 53.4 Å². The second kappa shape index (κ2) is 9.81. The first kappa shape index (κ1) is 24.1. The van der Waals surface area contributed by atoms with Gasteiger partial charge in [0, 0.05) is 49.4 Å². The van der Waals surface area contributed by atoms with Gasteiger partial charge in [-0.15, -0.1) is 11.3 Å². The summed E-state index contributed by atoms with van der Waals surface area (Å²) in [6.45, 7) is 2.34. The van der Waals surface area contributed by atoms with Crippen molar-refractivity contribution >= 4 is 28.8 Å². The number of fused-ring (bicyclic) bond motifs is 1. The van der Waals surface area contributed by atoms with Crippen LogP contribution in [-0.2, 0) is 4.79 Å². The second-order valence-corrected chi connectivity index (χ2v) is 9.92. The molecule has 0 radical (unpaired) electrons. The minimum Gasteiger partial charge on any atom is -0.493 e.